The van der Waals surface area contributed by atoms with Crippen LogP contribution in [0.4, 0.5) is 0 Å². The van der Waals surface area contributed by atoms with Gasteiger partial charge in [-0.15, -0.1) is 0 Å². The van der Waals surface area contributed by atoms with Gasteiger partial charge in [-0.05, 0) is 42.0 Å². The van der Waals surface area contributed by atoms with E-state index in [1.54, 1.807) is 42.5 Å². The van der Waals surface area contributed by atoms with Crippen LogP contribution >= 0.6 is 23.2 Å². The average molecular weight is 566 g/mol. The van der Waals surface area contributed by atoms with Gasteiger partial charge in [0.2, 0.25) is 15.8 Å². The quantitative estimate of drug-likeness (QED) is 0.273. The first-order chi connectivity index (χ1) is 17.7. The second-order valence-electron chi connectivity index (χ2n) is 7.57. The van der Waals surface area contributed by atoms with E-state index in [-0.39, 0.29) is 16.5 Å². The first-order valence-corrected chi connectivity index (χ1v) is 13.0. The summed E-state index contributed by atoms with van der Waals surface area (Å²) < 4.78 is 43.6. The molecule has 0 aliphatic heterocycles. The lowest BCUT2D eigenvalue weighted by Crippen LogP contribution is -2.39. The third kappa shape index (κ3) is 7.14. The van der Waals surface area contributed by atoms with Crippen molar-refractivity contribution in [2.45, 2.75) is 11.4 Å². The summed E-state index contributed by atoms with van der Waals surface area (Å²) >= 11 is 12.2. The van der Waals surface area contributed by atoms with E-state index in [0.29, 0.717) is 33.4 Å². The fraction of sp³-hybridized carbons (Fsp3) is 0.200. The van der Waals surface area contributed by atoms with Crippen molar-refractivity contribution in [1.82, 2.24) is 9.73 Å². The number of carbonyl (C=O) groups excluding carboxylic acids is 1. The molecule has 0 atom stereocenters. The highest BCUT2D eigenvalue weighted by molar-refractivity contribution is 7.89. The molecule has 0 aromatic heterocycles. The number of hydrazone groups is 1. The van der Waals surface area contributed by atoms with Crippen LogP contribution in [0.2, 0.25) is 10.0 Å². The zero-order chi connectivity index (χ0) is 27.0. The fourth-order valence-corrected chi connectivity index (χ4v) is 5.22. The van der Waals surface area contributed by atoms with Gasteiger partial charge in [0.15, 0.2) is 11.5 Å². The Morgan fingerprint density at radius 1 is 0.973 bits per heavy atom. The van der Waals surface area contributed by atoms with Gasteiger partial charge in [0.1, 0.15) is 0 Å². The normalized spacial score (nSPS) is 11.5. The summed E-state index contributed by atoms with van der Waals surface area (Å²) in [6.07, 6.45) is 1.37. The number of rotatable bonds is 11. The average Bonchev–Trinajstić information content (AvgIpc) is 2.89. The summed E-state index contributed by atoms with van der Waals surface area (Å²) in [5.41, 5.74) is 3.39. The first-order valence-electron chi connectivity index (χ1n) is 10.8. The van der Waals surface area contributed by atoms with Crippen molar-refractivity contribution in [3.05, 3.63) is 81.8 Å². The number of carbonyl (C=O) groups is 1. The molecule has 0 heterocycles. The minimum absolute atomic E-state index is 0.0359. The van der Waals surface area contributed by atoms with E-state index >= 15 is 0 Å². The summed E-state index contributed by atoms with van der Waals surface area (Å²) in [6.45, 7) is -0.667. The fourth-order valence-electron chi connectivity index (χ4n) is 3.36. The SMILES string of the molecule is COc1cc(/C=N\NC(=O)CN(Cc2ccc(Cl)cc2Cl)S(=O)(=O)c2ccccc2)cc(OC)c1OC. The van der Waals surface area contributed by atoms with Crippen molar-refractivity contribution in [2.75, 3.05) is 27.9 Å². The highest BCUT2D eigenvalue weighted by Gasteiger charge is 2.27. The van der Waals surface area contributed by atoms with Crippen molar-refractivity contribution >= 4 is 45.3 Å². The summed E-state index contributed by atoms with van der Waals surface area (Å²) in [5.74, 6) is 0.575. The Bertz CT molecular complexity index is 1360. The molecule has 0 saturated heterocycles. The second kappa shape index (κ2) is 12.8. The van der Waals surface area contributed by atoms with Crippen molar-refractivity contribution in [2.24, 2.45) is 5.10 Å². The number of methoxy groups -OCH3 is 3. The van der Waals surface area contributed by atoms with Gasteiger partial charge in [-0.25, -0.2) is 13.8 Å². The predicted octanol–water partition coefficient (Wildman–Crippen LogP) is 4.36. The Hall–Kier alpha value is -3.31. The Morgan fingerprint density at radius 2 is 1.62 bits per heavy atom. The topological polar surface area (TPSA) is 107 Å². The molecule has 0 saturated carbocycles. The molecule has 3 aromatic rings. The maximum atomic E-state index is 13.3. The van der Waals surface area contributed by atoms with Crippen LogP contribution in [0.25, 0.3) is 0 Å². The highest BCUT2D eigenvalue weighted by atomic mass is 35.5. The molecule has 0 fully saturated rings. The molecule has 0 radical (unpaired) electrons. The van der Waals surface area contributed by atoms with E-state index in [1.807, 2.05) is 0 Å². The lowest BCUT2D eigenvalue weighted by molar-refractivity contribution is -0.121. The molecular weight excluding hydrogens is 541 g/mol. The number of halogens is 2. The Morgan fingerprint density at radius 3 is 2.19 bits per heavy atom. The minimum Gasteiger partial charge on any atom is -0.493 e. The van der Waals surface area contributed by atoms with Gasteiger partial charge in [-0.1, -0.05) is 47.5 Å². The van der Waals surface area contributed by atoms with Crippen LogP contribution in [0.3, 0.4) is 0 Å². The number of ether oxygens (including phenoxy) is 3. The van der Waals surface area contributed by atoms with E-state index in [0.717, 1.165) is 4.31 Å². The van der Waals surface area contributed by atoms with Gasteiger partial charge in [0.25, 0.3) is 5.91 Å². The second-order valence-corrected chi connectivity index (χ2v) is 10.4. The van der Waals surface area contributed by atoms with Gasteiger partial charge in [-0.2, -0.15) is 9.41 Å². The van der Waals surface area contributed by atoms with E-state index in [4.69, 9.17) is 37.4 Å². The zero-order valence-electron chi connectivity index (χ0n) is 20.3. The van der Waals surface area contributed by atoms with Crippen molar-refractivity contribution in [3.8, 4) is 17.2 Å². The molecule has 12 heteroatoms. The van der Waals surface area contributed by atoms with Crippen LogP contribution in [-0.2, 0) is 21.4 Å². The zero-order valence-corrected chi connectivity index (χ0v) is 22.6. The van der Waals surface area contributed by atoms with Crippen LogP contribution < -0.4 is 19.6 Å². The van der Waals surface area contributed by atoms with E-state index in [1.165, 1.54) is 45.7 Å². The Balaban J connectivity index is 1.82. The summed E-state index contributed by atoms with van der Waals surface area (Å²) in [7, 11) is 0.407. The Kier molecular flexibility index (Phi) is 9.76. The van der Waals surface area contributed by atoms with Crippen molar-refractivity contribution in [1.29, 1.82) is 0 Å². The monoisotopic (exact) mass is 565 g/mol. The first kappa shape index (κ1) is 28.3. The molecule has 0 unspecified atom stereocenters. The smallest absolute Gasteiger partial charge is 0.255 e. The van der Waals surface area contributed by atoms with Crippen LogP contribution in [0.15, 0.2) is 70.7 Å². The lowest BCUT2D eigenvalue weighted by Gasteiger charge is -2.22. The van der Waals surface area contributed by atoms with Crippen LogP contribution in [0.5, 0.6) is 17.2 Å². The van der Waals surface area contributed by atoms with Crippen molar-refractivity contribution in [3.63, 3.8) is 0 Å². The van der Waals surface area contributed by atoms with Gasteiger partial charge >= 0.3 is 0 Å². The van der Waals surface area contributed by atoms with Gasteiger partial charge in [0.05, 0.1) is 39.0 Å². The van der Waals surface area contributed by atoms with Crippen LogP contribution in [0, 0.1) is 0 Å². The van der Waals surface area contributed by atoms with Crippen LogP contribution in [0.1, 0.15) is 11.1 Å². The number of hydrogen-bond donors (Lipinski definition) is 1. The molecule has 0 aliphatic rings. The molecule has 0 spiro atoms. The summed E-state index contributed by atoms with van der Waals surface area (Å²) in [5, 5.41) is 4.64. The number of amides is 1. The molecule has 196 valence electrons. The molecular formula is C25H25Cl2N3O6S. The molecule has 1 N–H and O–H groups in total. The van der Waals surface area contributed by atoms with Crippen molar-refractivity contribution < 1.29 is 27.4 Å². The third-order valence-electron chi connectivity index (χ3n) is 5.15. The molecule has 9 nitrogen and oxygen atoms in total. The maximum absolute atomic E-state index is 13.3. The van der Waals surface area contributed by atoms with Gasteiger partial charge < -0.3 is 14.2 Å². The molecule has 3 aromatic carbocycles. The number of benzene rings is 3. The Labute approximate surface area is 225 Å². The number of nitrogens with one attached hydrogen (secondary N) is 1. The minimum atomic E-state index is -4.04. The standard InChI is InChI=1S/C25H25Cl2N3O6S/c1-34-22-11-17(12-23(35-2)25(22)36-3)14-28-29-24(31)16-30(15-18-9-10-19(26)13-21(18)27)37(32,33)20-7-5-4-6-8-20/h4-14H,15-16H2,1-3H3,(H,29,31)/b28-14-. The predicted molar refractivity (Wildman–Crippen MR) is 142 cm³/mol. The number of sulfonamides is 1. The van der Waals surface area contributed by atoms with E-state index in [9.17, 15) is 13.2 Å². The highest BCUT2D eigenvalue weighted by Crippen LogP contribution is 2.37. The number of hydrogen-bond acceptors (Lipinski definition) is 7. The van der Waals surface area contributed by atoms with Crippen LogP contribution in [-0.4, -0.2) is 52.7 Å². The van der Waals surface area contributed by atoms with Gasteiger partial charge in [-0.3, -0.25) is 4.79 Å². The number of nitrogens with zero attached hydrogens (tertiary/aromatic N) is 2. The molecule has 1 amide bonds. The molecule has 37 heavy (non-hydrogen) atoms. The van der Waals surface area contributed by atoms with E-state index in [2.05, 4.69) is 10.5 Å². The molecule has 3 rings (SSSR count). The maximum Gasteiger partial charge on any atom is 0.255 e. The van der Waals surface area contributed by atoms with Gasteiger partial charge in [0, 0.05) is 22.2 Å². The van der Waals surface area contributed by atoms with E-state index < -0.39 is 22.5 Å². The molecule has 0 bridgehead atoms. The summed E-state index contributed by atoms with van der Waals surface area (Å²) in [4.78, 5) is 12.8. The molecule has 0 aliphatic carbocycles. The third-order valence-corrected chi connectivity index (χ3v) is 7.55. The summed E-state index contributed by atoms with van der Waals surface area (Å²) in [6, 6.07) is 15.8. The largest absolute Gasteiger partial charge is 0.493 e. The lowest BCUT2D eigenvalue weighted by atomic mass is 10.2.